The fourth-order valence-corrected chi connectivity index (χ4v) is 4.46. The van der Waals surface area contributed by atoms with Crippen LogP contribution in [0.25, 0.3) is 11.0 Å². The first-order chi connectivity index (χ1) is 14.6. The molecular weight excluding hydrogens is 390 g/mol. The van der Waals surface area contributed by atoms with Gasteiger partial charge in [-0.1, -0.05) is 51.1 Å². The molecule has 1 aromatic heterocycles. The van der Waals surface area contributed by atoms with E-state index < -0.39 is 6.04 Å². The molecule has 5 nitrogen and oxygen atoms in total. The highest BCUT2D eigenvalue weighted by atomic mass is 16.3. The third-order valence-corrected chi connectivity index (χ3v) is 6.05. The first-order valence-electron chi connectivity index (χ1n) is 10.7. The summed E-state index contributed by atoms with van der Waals surface area (Å²) in [5, 5.41) is 9.87. The smallest absolute Gasteiger partial charge is 0.290 e. The Labute approximate surface area is 182 Å². The summed E-state index contributed by atoms with van der Waals surface area (Å²) in [6.07, 6.45) is 0.433. The molecule has 1 N–H and O–H groups in total. The van der Waals surface area contributed by atoms with Crippen LogP contribution in [0.4, 0.5) is 0 Å². The van der Waals surface area contributed by atoms with Gasteiger partial charge in [-0.3, -0.25) is 9.59 Å². The van der Waals surface area contributed by atoms with Gasteiger partial charge in [-0.15, -0.1) is 0 Å². The minimum atomic E-state index is -0.524. The van der Waals surface area contributed by atoms with E-state index in [1.807, 2.05) is 38.1 Å². The summed E-state index contributed by atoms with van der Waals surface area (Å²) in [6.45, 7) is 10.6. The average Bonchev–Trinajstić information content (AvgIpc) is 2.99. The molecule has 0 saturated carbocycles. The maximum Gasteiger partial charge on any atom is 0.290 e. The van der Waals surface area contributed by atoms with E-state index in [9.17, 15) is 14.7 Å². The number of aliphatic hydroxyl groups excluding tert-OH is 1. The van der Waals surface area contributed by atoms with Crippen LogP contribution in [-0.2, 0) is 5.41 Å². The van der Waals surface area contributed by atoms with Crippen molar-refractivity contribution < 1.29 is 14.3 Å². The summed E-state index contributed by atoms with van der Waals surface area (Å²) in [5.74, 6) is -0.181. The van der Waals surface area contributed by atoms with Crippen LogP contribution in [0.1, 0.15) is 71.6 Å². The van der Waals surface area contributed by atoms with Gasteiger partial charge in [0.05, 0.1) is 17.0 Å². The van der Waals surface area contributed by atoms with E-state index in [0.717, 1.165) is 16.7 Å². The van der Waals surface area contributed by atoms with E-state index in [1.54, 1.807) is 4.90 Å². The highest BCUT2D eigenvalue weighted by molar-refractivity contribution is 5.99. The van der Waals surface area contributed by atoms with Crippen molar-refractivity contribution in [2.45, 2.75) is 52.5 Å². The van der Waals surface area contributed by atoms with Crippen molar-refractivity contribution >= 4 is 16.9 Å². The first-order valence-corrected chi connectivity index (χ1v) is 10.7. The number of aryl methyl sites for hydroxylation is 2. The normalized spacial score (nSPS) is 16.3. The molecule has 2 aromatic carbocycles. The third-order valence-electron chi connectivity index (χ3n) is 6.05. The zero-order chi connectivity index (χ0) is 22.5. The van der Waals surface area contributed by atoms with Gasteiger partial charge in [-0.2, -0.15) is 0 Å². The quantitative estimate of drug-likeness (QED) is 0.669. The highest BCUT2D eigenvalue weighted by Gasteiger charge is 2.42. The lowest BCUT2D eigenvalue weighted by molar-refractivity contribution is 0.0716. The Morgan fingerprint density at radius 3 is 2.35 bits per heavy atom. The predicted octanol–water partition coefficient (Wildman–Crippen LogP) is 4.63. The molecule has 0 bridgehead atoms. The molecule has 0 saturated heterocycles. The van der Waals surface area contributed by atoms with E-state index in [0.29, 0.717) is 29.5 Å². The first kappa shape index (κ1) is 21.3. The van der Waals surface area contributed by atoms with Gasteiger partial charge in [0.25, 0.3) is 5.91 Å². The molecule has 2 heterocycles. The Balaban J connectivity index is 1.94. The van der Waals surface area contributed by atoms with Gasteiger partial charge >= 0.3 is 0 Å². The number of benzene rings is 2. The molecule has 162 valence electrons. The average molecular weight is 420 g/mol. The number of amides is 1. The van der Waals surface area contributed by atoms with Crippen molar-refractivity contribution in [2.24, 2.45) is 0 Å². The van der Waals surface area contributed by atoms with Crippen LogP contribution in [-0.4, -0.2) is 29.1 Å². The Morgan fingerprint density at radius 1 is 1.06 bits per heavy atom. The molecule has 31 heavy (non-hydrogen) atoms. The number of carbonyl (C=O) groups is 1. The van der Waals surface area contributed by atoms with Gasteiger partial charge in [-0.25, -0.2) is 0 Å². The largest absolute Gasteiger partial charge is 0.450 e. The van der Waals surface area contributed by atoms with Gasteiger partial charge in [-0.05, 0) is 54.0 Å². The molecule has 1 amide bonds. The second-order valence-corrected chi connectivity index (χ2v) is 9.48. The molecule has 3 aromatic rings. The van der Waals surface area contributed by atoms with Crippen molar-refractivity contribution in [2.75, 3.05) is 13.2 Å². The summed E-state index contributed by atoms with van der Waals surface area (Å²) in [5.41, 5.74) is 4.56. The summed E-state index contributed by atoms with van der Waals surface area (Å²) in [7, 11) is 0. The van der Waals surface area contributed by atoms with Crippen LogP contribution in [0, 0.1) is 13.8 Å². The SMILES string of the molecule is Cc1cc(C)c2oc3c(c(=O)c2c1)C(c1ccc(C(C)(C)C)cc1)N(CCCO)C3=O. The molecule has 0 radical (unpaired) electrons. The van der Waals surface area contributed by atoms with Crippen LogP contribution >= 0.6 is 0 Å². The van der Waals surface area contributed by atoms with Crippen molar-refractivity contribution in [1.29, 1.82) is 0 Å². The fourth-order valence-electron chi connectivity index (χ4n) is 4.46. The molecule has 1 unspecified atom stereocenters. The molecule has 1 aliphatic heterocycles. The highest BCUT2D eigenvalue weighted by Crippen LogP contribution is 2.39. The third kappa shape index (κ3) is 3.57. The lowest BCUT2D eigenvalue weighted by atomic mass is 9.86. The van der Waals surface area contributed by atoms with Crippen LogP contribution in [0.15, 0.2) is 45.6 Å². The Hall–Kier alpha value is -2.92. The van der Waals surface area contributed by atoms with Gasteiger partial charge in [0.1, 0.15) is 5.58 Å². The van der Waals surface area contributed by atoms with Gasteiger partial charge < -0.3 is 14.4 Å². The van der Waals surface area contributed by atoms with Crippen molar-refractivity contribution in [3.05, 3.63) is 80.2 Å². The number of nitrogens with zero attached hydrogens (tertiary/aromatic N) is 1. The molecule has 0 spiro atoms. The minimum Gasteiger partial charge on any atom is -0.450 e. The molecule has 4 rings (SSSR count). The molecule has 0 aliphatic carbocycles. The summed E-state index contributed by atoms with van der Waals surface area (Å²) in [6, 6.07) is 11.3. The van der Waals surface area contributed by atoms with Crippen molar-refractivity contribution in [3.63, 3.8) is 0 Å². The minimum absolute atomic E-state index is 0.00277. The van der Waals surface area contributed by atoms with Gasteiger partial charge in [0.2, 0.25) is 5.76 Å². The molecule has 0 fully saturated rings. The van der Waals surface area contributed by atoms with E-state index in [1.165, 1.54) is 5.56 Å². The Kier molecular flexibility index (Phi) is 5.26. The van der Waals surface area contributed by atoms with Crippen LogP contribution in [0.3, 0.4) is 0 Å². The zero-order valence-electron chi connectivity index (χ0n) is 18.8. The zero-order valence-corrected chi connectivity index (χ0v) is 18.8. The lowest BCUT2D eigenvalue weighted by Gasteiger charge is -2.26. The van der Waals surface area contributed by atoms with E-state index in [4.69, 9.17) is 4.42 Å². The Bertz CT molecular complexity index is 1220. The second-order valence-electron chi connectivity index (χ2n) is 9.48. The van der Waals surface area contributed by atoms with Crippen LogP contribution < -0.4 is 5.43 Å². The molecule has 1 aliphatic rings. The van der Waals surface area contributed by atoms with Crippen LogP contribution in [0.5, 0.6) is 0 Å². The van der Waals surface area contributed by atoms with Crippen molar-refractivity contribution in [3.8, 4) is 0 Å². The molecular formula is C26H29NO4. The molecule has 5 heteroatoms. The monoisotopic (exact) mass is 419 g/mol. The number of rotatable bonds is 4. The predicted molar refractivity (Wildman–Crippen MR) is 122 cm³/mol. The number of hydrogen-bond acceptors (Lipinski definition) is 4. The summed E-state index contributed by atoms with van der Waals surface area (Å²) in [4.78, 5) is 28.6. The number of aliphatic hydroxyl groups is 1. The Morgan fingerprint density at radius 2 is 1.74 bits per heavy atom. The summed E-state index contributed by atoms with van der Waals surface area (Å²) < 4.78 is 6.07. The number of hydrogen-bond donors (Lipinski definition) is 1. The van der Waals surface area contributed by atoms with Gasteiger partial charge in [0, 0.05) is 13.2 Å². The van der Waals surface area contributed by atoms with Crippen molar-refractivity contribution in [1.82, 2.24) is 4.90 Å². The number of carbonyl (C=O) groups excluding carboxylic acids is 1. The summed E-state index contributed by atoms with van der Waals surface area (Å²) >= 11 is 0. The molecule has 1 atom stereocenters. The van der Waals surface area contributed by atoms with E-state index >= 15 is 0 Å². The lowest BCUT2D eigenvalue weighted by Crippen LogP contribution is -2.31. The maximum absolute atomic E-state index is 13.6. The standard InChI is InChI=1S/C26H29NO4/c1-15-13-16(2)23-19(14-15)22(29)20-21(17-7-9-18(10-8-17)26(3,4)5)27(11-6-12-28)25(30)24(20)31-23/h7-10,13-14,21,28H,6,11-12H2,1-5H3. The topological polar surface area (TPSA) is 70.8 Å². The van der Waals surface area contributed by atoms with E-state index in [2.05, 4.69) is 32.9 Å². The fraction of sp³-hybridized carbons (Fsp3) is 0.385. The van der Waals surface area contributed by atoms with E-state index in [-0.39, 0.29) is 29.1 Å². The van der Waals surface area contributed by atoms with Gasteiger partial charge in [0.15, 0.2) is 5.43 Å². The number of fused-ring (bicyclic) bond motifs is 2. The second kappa shape index (κ2) is 7.65. The maximum atomic E-state index is 13.6. The van der Waals surface area contributed by atoms with Crippen LogP contribution in [0.2, 0.25) is 0 Å².